The molecule has 0 aliphatic heterocycles. The smallest absolute Gasteiger partial charge is 0.237 e. The Morgan fingerprint density at radius 3 is 2.72 bits per heavy atom. The number of benzene rings is 1. The van der Waals surface area contributed by atoms with E-state index in [2.05, 4.69) is 25.5 Å². The van der Waals surface area contributed by atoms with E-state index in [-0.39, 0.29) is 17.6 Å². The molecule has 0 aliphatic rings. The lowest BCUT2D eigenvalue weighted by molar-refractivity contribution is -0.113. The normalized spacial score (nSPS) is 10.6. The number of carbonyl (C=O) groups is 1. The molecular formula is C14H11Cl2N7OS. The lowest BCUT2D eigenvalue weighted by Gasteiger charge is -2.06. The fraction of sp³-hybridized carbons (Fsp3) is 0.0714. The molecule has 8 nitrogen and oxygen atoms in total. The van der Waals surface area contributed by atoms with Gasteiger partial charge in [-0.15, -0.1) is 10.2 Å². The fourth-order valence-electron chi connectivity index (χ4n) is 1.88. The van der Waals surface area contributed by atoms with Gasteiger partial charge in [0, 0.05) is 23.0 Å². The van der Waals surface area contributed by atoms with Crippen molar-refractivity contribution in [3.05, 3.63) is 46.7 Å². The summed E-state index contributed by atoms with van der Waals surface area (Å²) in [6, 6.07) is 6.63. The topological polar surface area (TPSA) is 112 Å². The van der Waals surface area contributed by atoms with Crippen LogP contribution in [0.3, 0.4) is 0 Å². The molecule has 0 radical (unpaired) electrons. The number of carbonyl (C=O) groups excluding carboxylic acids is 1. The summed E-state index contributed by atoms with van der Waals surface area (Å²) in [5.41, 5.74) is 0.593. The van der Waals surface area contributed by atoms with Gasteiger partial charge < -0.3 is 5.84 Å². The summed E-state index contributed by atoms with van der Waals surface area (Å²) in [6.07, 6.45) is 3.07. The summed E-state index contributed by atoms with van der Waals surface area (Å²) in [5, 5.41) is 11.9. The lowest BCUT2D eigenvalue weighted by Crippen LogP contribution is -2.17. The maximum Gasteiger partial charge on any atom is 0.237 e. The van der Waals surface area contributed by atoms with Crippen LogP contribution in [-0.4, -0.2) is 36.5 Å². The van der Waals surface area contributed by atoms with E-state index in [4.69, 9.17) is 29.0 Å². The Labute approximate surface area is 156 Å². The van der Waals surface area contributed by atoms with Crippen LogP contribution in [0.2, 0.25) is 10.0 Å². The van der Waals surface area contributed by atoms with Gasteiger partial charge in [-0.2, -0.15) is 0 Å². The van der Waals surface area contributed by atoms with Crippen LogP contribution < -0.4 is 11.2 Å². The minimum Gasteiger partial charge on any atom is -0.335 e. The van der Waals surface area contributed by atoms with Crippen molar-refractivity contribution in [2.75, 3.05) is 16.9 Å². The zero-order chi connectivity index (χ0) is 17.8. The molecule has 1 aromatic carbocycles. The van der Waals surface area contributed by atoms with Gasteiger partial charge in [-0.25, -0.2) is 14.6 Å². The Kier molecular flexibility index (Phi) is 5.37. The standard InChI is InChI=1S/C14H11Cl2N7OS/c15-8-2-3-9(10(16)6-8)12-21-22-14(23(12)17)25-7-11(24)20-13-18-4-1-5-19-13/h1-6H,7,17H2,(H,18,19,20,24). The number of halogens is 2. The van der Waals surface area contributed by atoms with E-state index in [1.54, 1.807) is 24.3 Å². The van der Waals surface area contributed by atoms with E-state index in [0.717, 1.165) is 11.8 Å². The van der Waals surface area contributed by atoms with Crippen molar-refractivity contribution in [1.82, 2.24) is 24.8 Å². The molecule has 0 spiro atoms. The molecule has 2 heterocycles. The first kappa shape index (κ1) is 17.5. The number of amides is 1. The molecule has 0 atom stereocenters. The zero-order valence-electron chi connectivity index (χ0n) is 12.6. The van der Waals surface area contributed by atoms with Crippen LogP contribution in [0.5, 0.6) is 0 Å². The molecule has 25 heavy (non-hydrogen) atoms. The van der Waals surface area contributed by atoms with Crippen molar-refractivity contribution >= 4 is 46.8 Å². The quantitative estimate of drug-likeness (QED) is 0.503. The van der Waals surface area contributed by atoms with Gasteiger partial charge in [-0.1, -0.05) is 35.0 Å². The Balaban J connectivity index is 1.68. The second-order valence-corrected chi connectivity index (χ2v) is 6.50. The first-order valence-electron chi connectivity index (χ1n) is 6.90. The van der Waals surface area contributed by atoms with Crippen molar-refractivity contribution in [2.24, 2.45) is 0 Å². The molecule has 3 aromatic rings. The van der Waals surface area contributed by atoms with E-state index >= 15 is 0 Å². The number of nitrogens with two attached hydrogens (primary N) is 1. The van der Waals surface area contributed by atoms with Crippen LogP contribution in [0.4, 0.5) is 5.95 Å². The second-order valence-electron chi connectivity index (χ2n) is 4.71. The Morgan fingerprint density at radius 2 is 2.00 bits per heavy atom. The number of anilines is 1. The van der Waals surface area contributed by atoms with Gasteiger partial charge in [0.1, 0.15) is 0 Å². The van der Waals surface area contributed by atoms with Gasteiger partial charge >= 0.3 is 0 Å². The highest BCUT2D eigenvalue weighted by Gasteiger charge is 2.16. The van der Waals surface area contributed by atoms with Gasteiger partial charge in [0.2, 0.25) is 17.0 Å². The highest BCUT2D eigenvalue weighted by atomic mass is 35.5. The van der Waals surface area contributed by atoms with Crippen LogP contribution in [0.1, 0.15) is 0 Å². The van der Waals surface area contributed by atoms with Crippen LogP contribution in [0.25, 0.3) is 11.4 Å². The average molecular weight is 396 g/mol. The predicted molar refractivity (Wildman–Crippen MR) is 97.0 cm³/mol. The van der Waals surface area contributed by atoms with Gasteiger partial charge in [-0.05, 0) is 24.3 Å². The van der Waals surface area contributed by atoms with Gasteiger partial charge in [0.15, 0.2) is 5.82 Å². The van der Waals surface area contributed by atoms with Gasteiger partial charge in [0.05, 0.1) is 10.8 Å². The molecule has 0 saturated heterocycles. The molecule has 2 aromatic heterocycles. The second kappa shape index (κ2) is 7.68. The monoisotopic (exact) mass is 395 g/mol. The third kappa shape index (κ3) is 4.19. The summed E-state index contributed by atoms with van der Waals surface area (Å²) in [5.74, 6) is 6.39. The average Bonchev–Trinajstić information content (AvgIpc) is 2.95. The Hall–Kier alpha value is -2.36. The summed E-state index contributed by atoms with van der Waals surface area (Å²) in [4.78, 5) is 19.8. The zero-order valence-corrected chi connectivity index (χ0v) is 14.9. The highest BCUT2D eigenvalue weighted by molar-refractivity contribution is 7.99. The minimum atomic E-state index is -0.287. The van der Waals surface area contributed by atoms with Crippen molar-refractivity contribution in [2.45, 2.75) is 5.16 Å². The Morgan fingerprint density at radius 1 is 1.24 bits per heavy atom. The Bertz CT molecular complexity index is 903. The molecule has 1 amide bonds. The predicted octanol–water partition coefficient (Wildman–Crippen LogP) is 2.49. The SMILES string of the molecule is Nn1c(SCC(=O)Nc2ncccn2)nnc1-c1ccc(Cl)cc1Cl. The molecule has 128 valence electrons. The minimum absolute atomic E-state index is 0.0714. The summed E-state index contributed by atoms with van der Waals surface area (Å²) >= 11 is 13.2. The number of thioether (sulfide) groups is 1. The van der Waals surface area contributed by atoms with Gasteiger partial charge in [0.25, 0.3) is 0 Å². The van der Waals surface area contributed by atoms with Crippen molar-refractivity contribution in [3.8, 4) is 11.4 Å². The van der Waals surface area contributed by atoms with E-state index < -0.39 is 0 Å². The molecular weight excluding hydrogens is 385 g/mol. The van der Waals surface area contributed by atoms with Crippen LogP contribution in [0, 0.1) is 0 Å². The maximum atomic E-state index is 11.9. The van der Waals surface area contributed by atoms with Crippen LogP contribution in [0.15, 0.2) is 41.8 Å². The van der Waals surface area contributed by atoms with Crippen LogP contribution >= 0.6 is 35.0 Å². The molecule has 0 saturated carbocycles. The fourth-order valence-corrected chi connectivity index (χ4v) is 3.03. The number of rotatable bonds is 5. The molecule has 0 bridgehead atoms. The van der Waals surface area contributed by atoms with E-state index in [0.29, 0.717) is 26.6 Å². The summed E-state index contributed by atoms with van der Waals surface area (Å²) in [7, 11) is 0. The summed E-state index contributed by atoms with van der Waals surface area (Å²) < 4.78 is 1.27. The molecule has 0 fully saturated rings. The molecule has 3 N–H and O–H groups in total. The largest absolute Gasteiger partial charge is 0.335 e. The molecule has 0 aliphatic carbocycles. The first-order chi connectivity index (χ1) is 12.0. The third-order valence-corrected chi connectivity index (χ3v) is 4.48. The van der Waals surface area contributed by atoms with Crippen molar-refractivity contribution in [1.29, 1.82) is 0 Å². The maximum absolute atomic E-state index is 11.9. The third-order valence-electron chi connectivity index (χ3n) is 2.99. The lowest BCUT2D eigenvalue weighted by atomic mass is 10.2. The summed E-state index contributed by atoms with van der Waals surface area (Å²) in [6.45, 7) is 0. The van der Waals surface area contributed by atoms with Crippen LogP contribution in [-0.2, 0) is 4.79 Å². The number of nitrogens with one attached hydrogen (secondary N) is 1. The molecule has 3 rings (SSSR count). The number of hydrogen-bond donors (Lipinski definition) is 2. The highest BCUT2D eigenvalue weighted by Crippen LogP contribution is 2.30. The van der Waals surface area contributed by atoms with E-state index in [9.17, 15) is 4.79 Å². The van der Waals surface area contributed by atoms with Gasteiger partial charge in [-0.3, -0.25) is 10.1 Å². The van der Waals surface area contributed by atoms with Crippen molar-refractivity contribution in [3.63, 3.8) is 0 Å². The van der Waals surface area contributed by atoms with E-state index in [1.807, 2.05) is 0 Å². The van der Waals surface area contributed by atoms with Crippen molar-refractivity contribution < 1.29 is 4.79 Å². The molecule has 0 unspecified atom stereocenters. The number of aromatic nitrogens is 5. The number of nitrogens with zero attached hydrogens (tertiary/aromatic N) is 5. The number of nitrogen functional groups attached to an aromatic ring is 1. The van der Waals surface area contributed by atoms with E-state index in [1.165, 1.54) is 17.1 Å². The number of hydrogen-bond acceptors (Lipinski definition) is 7. The first-order valence-corrected chi connectivity index (χ1v) is 8.64. The molecule has 11 heteroatoms.